The van der Waals surface area contributed by atoms with Crippen LogP contribution in [0.2, 0.25) is 0 Å². The second kappa shape index (κ2) is 11.9. The van der Waals surface area contributed by atoms with Gasteiger partial charge in [0.15, 0.2) is 6.29 Å². The lowest BCUT2D eigenvalue weighted by Gasteiger charge is -2.38. The average molecular weight is 383 g/mol. The smallest absolute Gasteiger partial charge is 0.333 e. The van der Waals surface area contributed by atoms with Crippen LogP contribution in [0.3, 0.4) is 0 Å². The molecular formula is C20H31O7-. The molecule has 0 spiro atoms. The topological polar surface area (TPSA) is 105 Å². The number of hydrogen-bond acceptors (Lipinski definition) is 7. The molecule has 1 heterocycles. The van der Waals surface area contributed by atoms with Crippen molar-refractivity contribution in [3.63, 3.8) is 0 Å². The first-order valence-corrected chi connectivity index (χ1v) is 9.45. The maximum atomic E-state index is 11.9. The lowest BCUT2D eigenvalue weighted by Crippen LogP contribution is -2.49. The summed E-state index contributed by atoms with van der Waals surface area (Å²) in [6, 6.07) is 0. The van der Waals surface area contributed by atoms with Crippen molar-refractivity contribution in [3.8, 4) is 0 Å². The molecule has 1 fully saturated rings. The Balaban J connectivity index is 2.36. The number of unbranched alkanes of at least 4 members (excludes halogenated alkanes) is 2. The molecule has 7 heteroatoms. The molecule has 0 unspecified atom stereocenters. The predicted molar refractivity (Wildman–Crippen MR) is 97.4 cm³/mol. The minimum Gasteiger partial charge on any atom is -0.545 e. The summed E-state index contributed by atoms with van der Waals surface area (Å²) in [6.45, 7) is 7.13. The molecule has 0 radical (unpaired) electrons. The summed E-state index contributed by atoms with van der Waals surface area (Å²) in [5, 5.41) is 20.5. The molecule has 0 aliphatic carbocycles. The summed E-state index contributed by atoms with van der Waals surface area (Å²) in [5.41, 5.74) is 0.512. The summed E-state index contributed by atoms with van der Waals surface area (Å²) in [7, 11) is 0. The van der Waals surface area contributed by atoms with Crippen LogP contribution in [0.25, 0.3) is 0 Å². The van der Waals surface area contributed by atoms with Crippen LogP contribution in [-0.2, 0) is 23.8 Å². The Kier molecular flexibility index (Phi) is 10.3. The number of rotatable bonds is 10. The maximum absolute atomic E-state index is 11.9. The van der Waals surface area contributed by atoms with Crippen molar-refractivity contribution < 1.29 is 34.0 Å². The molecule has 1 saturated heterocycles. The molecule has 27 heavy (non-hydrogen) atoms. The van der Waals surface area contributed by atoms with Gasteiger partial charge in [0, 0.05) is 12.0 Å². The molecular weight excluding hydrogens is 352 g/mol. The Bertz CT molecular complexity index is 540. The minimum absolute atomic E-state index is 0.119. The zero-order valence-electron chi connectivity index (χ0n) is 16.6. The van der Waals surface area contributed by atoms with Crippen molar-refractivity contribution in [2.24, 2.45) is 0 Å². The fourth-order valence-electron chi connectivity index (χ4n) is 2.72. The Labute approximate surface area is 161 Å². The van der Waals surface area contributed by atoms with Crippen molar-refractivity contribution in [1.29, 1.82) is 0 Å². The van der Waals surface area contributed by atoms with E-state index >= 15 is 0 Å². The first-order valence-electron chi connectivity index (χ1n) is 9.45. The molecule has 5 atom stereocenters. The Morgan fingerprint density at radius 1 is 1.37 bits per heavy atom. The molecule has 1 aliphatic rings. The van der Waals surface area contributed by atoms with Gasteiger partial charge in [0.05, 0.1) is 18.2 Å². The van der Waals surface area contributed by atoms with E-state index in [1.54, 1.807) is 32.9 Å². The van der Waals surface area contributed by atoms with Gasteiger partial charge >= 0.3 is 5.97 Å². The SMILES string of the molecule is C/C=C(\C)C(=O)O[C@@H]1C[C@@H](O)[C@H](O[C@H](C)CCCC/C=C/C(=O)[O-])O[C@H]1C. The van der Waals surface area contributed by atoms with Crippen LogP contribution >= 0.6 is 0 Å². The predicted octanol–water partition coefficient (Wildman–Crippen LogP) is 1.63. The van der Waals surface area contributed by atoms with Gasteiger partial charge < -0.3 is 29.2 Å². The number of hydrogen-bond donors (Lipinski definition) is 1. The third kappa shape index (κ3) is 8.69. The van der Waals surface area contributed by atoms with E-state index in [9.17, 15) is 19.8 Å². The zero-order valence-corrected chi connectivity index (χ0v) is 16.6. The molecule has 7 nitrogen and oxygen atoms in total. The van der Waals surface area contributed by atoms with Crippen molar-refractivity contribution in [2.45, 2.75) is 90.5 Å². The molecule has 0 aromatic heterocycles. The first kappa shape index (κ1) is 23.3. The fraction of sp³-hybridized carbons (Fsp3) is 0.700. The minimum atomic E-state index is -1.19. The summed E-state index contributed by atoms with van der Waals surface area (Å²) in [6.07, 6.45) is 5.02. The lowest BCUT2D eigenvalue weighted by atomic mass is 10.0. The number of ether oxygens (including phenoxy) is 3. The highest BCUT2D eigenvalue weighted by Gasteiger charge is 2.38. The van der Waals surface area contributed by atoms with Gasteiger partial charge in [-0.2, -0.15) is 0 Å². The van der Waals surface area contributed by atoms with Crippen LogP contribution in [0.1, 0.15) is 59.8 Å². The number of carbonyl (C=O) groups excluding carboxylic acids is 2. The molecule has 1 rings (SSSR count). The molecule has 1 N–H and O–H groups in total. The largest absolute Gasteiger partial charge is 0.545 e. The summed E-state index contributed by atoms with van der Waals surface area (Å²) in [5.74, 6) is -1.60. The van der Waals surface area contributed by atoms with Crippen LogP contribution < -0.4 is 5.11 Å². The second-order valence-corrected chi connectivity index (χ2v) is 6.88. The summed E-state index contributed by atoms with van der Waals surface area (Å²) < 4.78 is 16.9. The van der Waals surface area contributed by atoms with E-state index in [0.717, 1.165) is 25.3 Å². The molecule has 1 aliphatic heterocycles. The molecule has 0 bridgehead atoms. The number of aliphatic hydroxyl groups is 1. The molecule has 0 amide bonds. The van der Waals surface area contributed by atoms with E-state index in [4.69, 9.17) is 14.2 Å². The van der Waals surface area contributed by atoms with Gasteiger partial charge in [0.25, 0.3) is 0 Å². The lowest BCUT2D eigenvalue weighted by molar-refractivity contribution is -0.297. The molecule has 0 aromatic carbocycles. The van der Waals surface area contributed by atoms with Gasteiger partial charge in [-0.05, 0) is 53.0 Å². The number of aliphatic hydroxyl groups excluding tert-OH is 1. The van der Waals surface area contributed by atoms with Crippen LogP contribution in [0.4, 0.5) is 0 Å². The fourth-order valence-corrected chi connectivity index (χ4v) is 2.72. The van der Waals surface area contributed by atoms with Gasteiger partial charge in [-0.3, -0.25) is 0 Å². The number of carboxylic acid groups (broad SMARTS) is 1. The quantitative estimate of drug-likeness (QED) is 0.347. The van der Waals surface area contributed by atoms with Crippen LogP contribution in [0.15, 0.2) is 23.8 Å². The number of allylic oxidation sites excluding steroid dienone is 2. The van der Waals surface area contributed by atoms with Gasteiger partial charge in [0.2, 0.25) is 0 Å². The maximum Gasteiger partial charge on any atom is 0.333 e. The number of carboxylic acids is 1. The highest BCUT2D eigenvalue weighted by atomic mass is 16.7. The van der Waals surface area contributed by atoms with Crippen LogP contribution in [0.5, 0.6) is 0 Å². The highest BCUT2D eigenvalue weighted by Crippen LogP contribution is 2.25. The van der Waals surface area contributed by atoms with Crippen molar-refractivity contribution in [3.05, 3.63) is 23.8 Å². The standard InChI is InChI=1S/C20H32O7/c1-5-13(2)19(24)27-17-12-16(21)20(26-15(17)4)25-14(3)10-8-6-7-9-11-18(22)23/h5,9,11,14-17,20-21H,6-8,10,12H2,1-4H3,(H,22,23)/p-1/b11-9+,13-5+/t14-,15+,16-,17-,20-/m1/s1. The first-order chi connectivity index (χ1) is 12.7. The van der Waals surface area contributed by atoms with Crippen molar-refractivity contribution >= 4 is 11.9 Å². The molecule has 0 saturated carbocycles. The summed E-state index contributed by atoms with van der Waals surface area (Å²) >= 11 is 0. The number of carbonyl (C=O) groups is 2. The van der Waals surface area contributed by atoms with Gasteiger partial charge in [-0.15, -0.1) is 0 Å². The highest BCUT2D eigenvalue weighted by molar-refractivity contribution is 5.87. The van der Waals surface area contributed by atoms with E-state index < -0.39 is 30.4 Å². The normalized spacial score (nSPS) is 27.5. The average Bonchev–Trinajstić information content (AvgIpc) is 2.61. The van der Waals surface area contributed by atoms with E-state index in [-0.39, 0.29) is 18.6 Å². The van der Waals surface area contributed by atoms with E-state index in [2.05, 4.69) is 0 Å². The molecule has 0 aromatic rings. The third-order valence-electron chi connectivity index (χ3n) is 4.53. The number of esters is 1. The van der Waals surface area contributed by atoms with E-state index in [0.29, 0.717) is 12.0 Å². The van der Waals surface area contributed by atoms with E-state index in [1.807, 2.05) is 6.92 Å². The van der Waals surface area contributed by atoms with Crippen LogP contribution in [0, 0.1) is 0 Å². The third-order valence-corrected chi connectivity index (χ3v) is 4.53. The van der Waals surface area contributed by atoms with Gasteiger partial charge in [-0.1, -0.05) is 18.6 Å². The second-order valence-electron chi connectivity index (χ2n) is 6.88. The van der Waals surface area contributed by atoms with Gasteiger partial charge in [-0.25, -0.2) is 4.79 Å². The van der Waals surface area contributed by atoms with E-state index in [1.165, 1.54) is 0 Å². The summed E-state index contributed by atoms with van der Waals surface area (Å²) in [4.78, 5) is 22.1. The van der Waals surface area contributed by atoms with Crippen LogP contribution in [-0.4, -0.2) is 47.8 Å². The Hall–Kier alpha value is -1.70. The van der Waals surface area contributed by atoms with Crippen molar-refractivity contribution in [2.75, 3.05) is 0 Å². The van der Waals surface area contributed by atoms with Crippen molar-refractivity contribution in [1.82, 2.24) is 0 Å². The van der Waals surface area contributed by atoms with Gasteiger partial charge in [0.1, 0.15) is 12.2 Å². The monoisotopic (exact) mass is 383 g/mol. The number of aliphatic carboxylic acids is 1. The molecule has 154 valence electrons. The Morgan fingerprint density at radius 3 is 2.70 bits per heavy atom. The zero-order chi connectivity index (χ0) is 20.4. The Morgan fingerprint density at radius 2 is 2.07 bits per heavy atom.